The van der Waals surface area contributed by atoms with Crippen LogP contribution in [0.2, 0.25) is 0 Å². The lowest BCUT2D eigenvalue weighted by Gasteiger charge is -2.35. The SMILES string of the molecule is COc1ccc(C(C2CCCC2)N(C(C)=O)c2cccs2)cc1OC. The van der Waals surface area contributed by atoms with Crippen molar-refractivity contribution in [2.45, 2.75) is 38.6 Å². The average Bonchev–Trinajstić information content (AvgIpc) is 3.32. The zero-order valence-electron chi connectivity index (χ0n) is 15.0. The molecule has 25 heavy (non-hydrogen) atoms. The molecule has 0 N–H and O–H groups in total. The Bertz CT molecular complexity index is 708. The van der Waals surface area contributed by atoms with Crippen LogP contribution < -0.4 is 14.4 Å². The van der Waals surface area contributed by atoms with Crippen molar-refractivity contribution in [3.63, 3.8) is 0 Å². The molecule has 3 rings (SSSR count). The maximum absolute atomic E-state index is 12.6. The first-order chi connectivity index (χ1) is 12.2. The summed E-state index contributed by atoms with van der Waals surface area (Å²) >= 11 is 1.61. The van der Waals surface area contributed by atoms with Crippen LogP contribution in [0.4, 0.5) is 5.00 Å². The fourth-order valence-corrected chi connectivity index (χ4v) is 4.65. The third kappa shape index (κ3) is 3.66. The van der Waals surface area contributed by atoms with Crippen LogP contribution in [0.25, 0.3) is 0 Å². The van der Waals surface area contributed by atoms with Crippen molar-refractivity contribution in [3.05, 3.63) is 41.3 Å². The minimum atomic E-state index is 0.0263. The zero-order valence-corrected chi connectivity index (χ0v) is 15.8. The van der Waals surface area contributed by atoms with E-state index in [0.717, 1.165) is 23.4 Å². The summed E-state index contributed by atoms with van der Waals surface area (Å²) in [6.07, 6.45) is 4.75. The molecule has 0 spiro atoms. The molecule has 1 aromatic carbocycles. The molecular weight excluding hydrogens is 334 g/mol. The first-order valence-electron chi connectivity index (χ1n) is 8.71. The van der Waals surface area contributed by atoms with Crippen molar-refractivity contribution in [2.24, 2.45) is 5.92 Å². The van der Waals surface area contributed by atoms with E-state index in [-0.39, 0.29) is 11.9 Å². The van der Waals surface area contributed by atoms with Crippen molar-refractivity contribution in [3.8, 4) is 11.5 Å². The summed E-state index contributed by atoms with van der Waals surface area (Å²) < 4.78 is 10.9. The highest BCUT2D eigenvalue weighted by atomic mass is 32.1. The molecule has 1 aliphatic carbocycles. The van der Waals surface area contributed by atoms with Gasteiger partial charge in [-0.1, -0.05) is 18.9 Å². The lowest BCUT2D eigenvalue weighted by molar-refractivity contribution is -0.117. The van der Waals surface area contributed by atoms with Gasteiger partial charge in [0, 0.05) is 6.92 Å². The van der Waals surface area contributed by atoms with Gasteiger partial charge in [0.1, 0.15) is 0 Å². The van der Waals surface area contributed by atoms with Crippen LogP contribution in [0.5, 0.6) is 11.5 Å². The second-order valence-corrected chi connectivity index (χ2v) is 7.37. The van der Waals surface area contributed by atoms with E-state index in [1.54, 1.807) is 32.5 Å². The number of hydrogen-bond donors (Lipinski definition) is 0. The summed E-state index contributed by atoms with van der Waals surface area (Å²) in [5, 5.41) is 3.02. The fourth-order valence-electron chi connectivity index (χ4n) is 3.84. The van der Waals surface area contributed by atoms with E-state index in [1.807, 2.05) is 34.5 Å². The van der Waals surface area contributed by atoms with Crippen molar-refractivity contribution in [1.29, 1.82) is 0 Å². The van der Waals surface area contributed by atoms with Gasteiger partial charge in [-0.05, 0) is 54.0 Å². The number of hydrogen-bond acceptors (Lipinski definition) is 4. The largest absolute Gasteiger partial charge is 0.493 e. The number of carbonyl (C=O) groups is 1. The minimum absolute atomic E-state index is 0.0263. The van der Waals surface area contributed by atoms with Gasteiger partial charge in [-0.3, -0.25) is 9.69 Å². The lowest BCUT2D eigenvalue weighted by atomic mass is 9.90. The Hall–Kier alpha value is -2.01. The van der Waals surface area contributed by atoms with E-state index in [1.165, 1.54) is 12.8 Å². The number of benzene rings is 1. The first-order valence-corrected chi connectivity index (χ1v) is 9.59. The average molecular weight is 359 g/mol. The van der Waals surface area contributed by atoms with E-state index in [2.05, 4.69) is 6.07 Å². The van der Waals surface area contributed by atoms with Gasteiger partial charge < -0.3 is 9.47 Å². The summed E-state index contributed by atoms with van der Waals surface area (Å²) in [5.41, 5.74) is 1.10. The molecule has 1 unspecified atom stereocenters. The van der Waals surface area contributed by atoms with E-state index in [0.29, 0.717) is 17.4 Å². The molecule has 0 aliphatic heterocycles. The third-order valence-electron chi connectivity index (χ3n) is 4.96. The topological polar surface area (TPSA) is 38.8 Å². The van der Waals surface area contributed by atoms with E-state index >= 15 is 0 Å². The second kappa shape index (κ2) is 7.91. The third-order valence-corrected chi connectivity index (χ3v) is 5.82. The number of amides is 1. The zero-order chi connectivity index (χ0) is 17.8. The Balaban J connectivity index is 2.07. The molecule has 0 saturated heterocycles. The highest BCUT2D eigenvalue weighted by molar-refractivity contribution is 7.14. The molecule has 2 aromatic rings. The van der Waals surface area contributed by atoms with Crippen LogP contribution in [0.3, 0.4) is 0 Å². The number of thiophene rings is 1. The normalized spacial score (nSPS) is 15.8. The van der Waals surface area contributed by atoms with Gasteiger partial charge >= 0.3 is 0 Å². The number of nitrogens with zero attached hydrogens (tertiary/aromatic N) is 1. The van der Waals surface area contributed by atoms with Gasteiger partial charge in [0.2, 0.25) is 5.91 Å². The number of rotatable bonds is 6. The maximum Gasteiger partial charge on any atom is 0.225 e. The van der Waals surface area contributed by atoms with E-state index in [9.17, 15) is 4.79 Å². The summed E-state index contributed by atoms with van der Waals surface area (Å²) in [6, 6.07) is 10.1. The Morgan fingerprint density at radius 3 is 2.44 bits per heavy atom. The van der Waals surface area contributed by atoms with Crippen LogP contribution in [0.15, 0.2) is 35.7 Å². The molecule has 1 aromatic heterocycles. The van der Waals surface area contributed by atoms with E-state index < -0.39 is 0 Å². The van der Waals surface area contributed by atoms with Gasteiger partial charge in [0.25, 0.3) is 0 Å². The summed E-state index contributed by atoms with van der Waals surface area (Å²) in [4.78, 5) is 14.5. The summed E-state index contributed by atoms with van der Waals surface area (Å²) in [7, 11) is 3.29. The molecule has 1 amide bonds. The van der Waals surface area contributed by atoms with Gasteiger partial charge in [0.05, 0.1) is 25.3 Å². The monoisotopic (exact) mass is 359 g/mol. The van der Waals surface area contributed by atoms with Crippen molar-refractivity contribution >= 4 is 22.2 Å². The summed E-state index contributed by atoms with van der Waals surface area (Å²) in [6.45, 7) is 1.66. The van der Waals surface area contributed by atoms with Crippen LogP contribution >= 0.6 is 11.3 Å². The quantitative estimate of drug-likeness (QED) is 0.724. The van der Waals surface area contributed by atoms with Gasteiger partial charge in [0.15, 0.2) is 11.5 Å². The molecule has 0 radical (unpaired) electrons. The molecule has 1 fully saturated rings. The van der Waals surface area contributed by atoms with Gasteiger partial charge in [-0.15, -0.1) is 11.3 Å². The van der Waals surface area contributed by atoms with Crippen LogP contribution in [0, 0.1) is 5.92 Å². The standard InChI is InChI=1S/C20H25NO3S/c1-14(22)21(19-9-6-12-25-19)20(15-7-4-5-8-15)16-10-11-17(23-2)18(13-16)24-3/h6,9-13,15,20H,4-5,7-8H2,1-3H3. The lowest BCUT2D eigenvalue weighted by Crippen LogP contribution is -2.36. The van der Waals surface area contributed by atoms with Crippen LogP contribution in [-0.2, 0) is 4.79 Å². The number of carbonyl (C=O) groups excluding carboxylic acids is 1. The molecule has 0 bridgehead atoms. The summed E-state index contributed by atoms with van der Waals surface area (Å²) in [5.74, 6) is 1.96. The van der Waals surface area contributed by atoms with Crippen molar-refractivity contribution in [1.82, 2.24) is 0 Å². The van der Waals surface area contributed by atoms with Gasteiger partial charge in [-0.2, -0.15) is 0 Å². The fraction of sp³-hybridized carbons (Fsp3) is 0.450. The Morgan fingerprint density at radius 2 is 1.88 bits per heavy atom. The van der Waals surface area contributed by atoms with Crippen LogP contribution in [0.1, 0.15) is 44.2 Å². The number of methoxy groups -OCH3 is 2. The Morgan fingerprint density at radius 1 is 1.16 bits per heavy atom. The maximum atomic E-state index is 12.6. The molecule has 1 heterocycles. The highest BCUT2D eigenvalue weighted by Gasteiger charge is 2.34. The highest BCUT2D eigenvalue weighted by Crippen LogP contribution is 2.44. The Kier molecular flexibility index (Phi) is 5.63. The molecule has 134 valence electrons. The van der Waals surface area contributed by atoms with E-state index in [4.69, 9.17) is 9.47 Å². The van der Waals surface area contributed by atoms with Gasteiger partial charge in [-0.25, -0.2) is 0 Å². The molecule has 4 nitrogen and oxygen atoms in total. The predicted octanol–water partition coefficient (Wildman–Crippen LogP) is 5.05. The predicted molar refractivity (Wildman–Crippen MR) is 102 cm³/mol. The molecule has 5 heteroatoms. The Labute approximate surface area is 153 Å². The van der Waals surface area contributed by atoms with Crippen LogP contribution in [-0.4, -0.2) is 20.1 Å². The van der Waals surface area contributed by atoms with Crippen molar-refractivity contribution in [2.75, 3.05) is 19.1 Å². The number of anilines is 1. The molecule has 1 atom stereocenters. The van der Waals surface area contributed by atoms with Crippen molar-refractivity contribution < 1.29 is 14.3 Å². The molecule has 1 saturated carbocycles. The first kappa shape index (κ1) is 17.8. The number of ether oxygens (including phenoxy) is 2. The molecule has 1 aliphatic rings. The smallest absolute Gasteiger partial charge is 0.225 e. The molecular formula is C20H25NO3S. The second-order valence-electron chi connectivity index (χ2n) is 6.44. The minimum Gasteiger partial charge on any atom is -0.493 e.